The molecule has 6 N–H and O–H groups in total. The van der Waals surface area contributed by atoms with Gasteiger partial charge in [0.25, 0.3) is 5.92 Å². The van der Waals surface area contributed by atoms with E-state index in [2.05, 4.69) is 10.6 Å². The number of nitrogens with one attached hydrogen (secondary N) is 2. The van der Waals surface area contributed by atoms with Crippen LogP contribution < -0.4 is 22.1 Å². The standard InChI is InChI=1S/C28H30F2N4O4/c1-28(29,30)21-10-7-17(8-11-21)15-22(26(32)37)34-27(38)23(33-25(36)13-12-24(31)35)16-18-6-9-19-4-2-3-5-20(19)14-18/h2-11,14,22-23H,12-13,15-16H2,1H3,(H2,31,35)(H2,32,37)(H,33,36)(H,34,38)/t22-,23+/m0/s1. The third kappa shape index (κ3) is 8.09. The van der Waals surface area contributed by atoms with Crippen LogP contribution in [0.4, 0.5) is 8.78 Å². The zero-order valence-electron chi connectivity index (χ0n) is 20.9. The van der Waals surface area contributed by atoms with Gasteiger partial charge >= 0.3 is 0 Å². The molecule has 8 nitrogen and oxygen atoms in total. The minimum absolute atomic E-state index is 0.0328. The van der Waals surface area contributed by atoms with E-state index in [0.29, 0.717) is 5.56 Å². The van der Waals surface area contributed by atoms with Crippen LogP contribution in [0.15, 0.2) is 66.7 Å². The van der Waals surface area contributed by atoms with Crippen LogP contribution >= 0.6 is 0 Å². The van der Waals surface area contributed by atoms with Crippen LogP contribution in [0.25, 0.3) is 10.8 Å². The van der Waals surface area contributed by atoms with E-state index in [1.54, 1.807) is 0 Å². The second-order valence-electron chi connectivity index (χ2n) is 9.23. The molecule has 3 aromatic rings. The molecule has 2 atom stereocenters. The van der Waals surface area contributed by atoms with Crippen molar-refractivity contribution in [1.29, 1.82) is 0 Å². The summed E-state index contributed by atoms with van der Waals surface area (Å²) in [6.45, 7) is 0.780. The predicted molar refractivity (Wildman–Crippen MR) is 139 cm³/mol. The number of carbonyl (C=O) groups is 4. The van der Waals surface area contributed by atoms with E-state index in [9.17, 15) is 28.0 Å². The number of primary amides is 2. The molecule has 3 rings (SSSR count). The van der Waals surface area contributed by atoms with Crippen molar-refractivity contribution in [2.45, 2.75) is 50.6 Å². The Morgan fingerprint density at radius 3 is 2.00 bits per heavy atom. The molecule has 0 saturated heterocycles. The first-order valence-electron chi connectivity index (χ1n) is 12.0. The molecule has 10 heteroatoms. The van der Waals surface area contributed by atoms with Crippen molar-refractivity contribution in [3.63, 3.8) is 0 Å². The van der Waals surface area contributed by atoms with Crippen molar-refractivity contribution in [3.05, 3.63) is 83.4 Å². The Bertz CT molecular complexity index is 1320. The summed E-state index contributed by atoms with van der Waals surface area (Å²) < 4.78 is 27.0. The van der Waals surface area contributed by atoms with E-state index in [1.807, 2.05) is 42.5 Å². The minimum Gasteiger partial charge on any atom is -0.370 e. The predicted octanol–water partition coefficient (Wildman–Crippen LogP) is 2.46. The average molecular weight is 525 g/mol. The summed E-state index contributed by atoms with van der Waals surface area (Å²) in [5, 5.41) is 7.12. The molecule has 38 heavy (non-hydrogen) atoms. The van der Waals surface area contributed by atoms with Crippen LogP contribution in [0.2, 0.25) is 0 Å². The number of hydrogen-bond donors (Lipinski definition) is 4. The highest BCUT2D eigenvalue weighted by molar-refractivity contribution is 5.93. The average Bonchev–Trinajstić information content (AvgIpc) is 2.86. The molecule has 4 amide bonds. The number of hydrogen-bond acceptors (Lipinski definition) is 4. The van der Waals surface area contributed by atoms with Gasteiger partial charge in [-0.05, 0) is 21.9 Å². The molecule has 0 spiro atoms. The van der Waals surface area contributed by atoms with Gasteiger partial charge in [-0.25, -0.2) is 8.78 Å². The molecule has 3 aromatic carbocycles. The van der Waals surface area contributed by atoms with Crippen molar-refractivity contribution in [2.24, 2.45) is 11.5 Å². The highest BCUT2D eigenvalue weighted by atomic mass is 19.3. The van der Waals surface area contributed by atoms with Gasteiger partial charge in [-0.1, -0.05) is 66.7 Å². The van der Waals surface area contributed by atoms with E-state index in [4.69, 9.17) is 11.5 Å². The fourth-order valence-electron chi connectivity index (χ4n) is 3.98. The number of carbonyl (C=O) groups excluding carboxylic acids is 4. The second kappa shape index (κ2) is 12.3. The van der Waals surface area contributed by atoms with E-state index < -0.39 is 41.6 Å². The molecule has 0 saturated carbocycles. The van der Waals surface area contributed by atoms with E-state index in [0.717, 1.165) is 23.3 Å². The van der Waals surface area contributed by atoms with E-state index in [-0.39, 0.29) is 31.2 Å². The smallest absolute Gasteiger partial charge is 0.270 e. The van der Waals surface area contributed by atoms with Crippen molar-refractivity contribution in [2.75, 3.05) is 0 Å². The summed E-state index contributed by atoms with van der Waals surface area (Å²) in [5.41, 5.74) is 11.7. The highest BCUT2D eigenvalue weighted by Crippen LogP contribution is 2.27. The minimum atomic E-state index is -3.02. The highest BCUT2D eigenvalue weighted by Gasteiger charge is 2.27. The van der Waals surface area contributed by atoms with Crippen LogP contribution in [0.5, 0.6) is 0 Å². The van der Waals surface area contributed by atoms with Crippen molar-refractivity contribution in [3.8, 4) is 0 Å². The number of halogens is 2. The normalized spacial score (nSPS) is 12.9. The topological polar surface area (TPSA) is 144 Å². The number of fused-ring (bicyclic) bond motifs is 1. The number of rotatable bonds is 12. The van der Waals surface area contributed by atoms with Crippen LogP contribution in [-0.4, -0.2) is 35.7 Å². The molecule has 0 aliphatic heterocycles. The molecule has 0 aromatic heterocycles. The zero-order valence-corrected chi connectivity index (χ0v) is 20.9. The monoisotopic (exact) mass is 524 g/mol. The Morgan fingerprint density at radius 1 is 0.789 bits per heavy atom. The Balaban J connectivity index is 1.78. The first-order valence-corrected chi connectivity index (χ1v) is 12.0. The molecular weight excluding hydrogens is 494 g/mol. The first kappa shape index (κ1) is 28.2. The third-order valence-electron chi connectivity index (χ3n) is 6.06. The number of benzene rings is 3. The van der Waals surface area contributed by atoms with Gasteiger partial charge in [0, 0.05) is 38.2 Å². The van der Waals surface area contributed by atoms with E-state index >= 15 is 0 Å². The lowest BCUT2D eigenvalue weighted by atomic mass is 9.99. The summed E-state index contributed by atoms with van der Waals surface area (Å²) >= 11 is 0. The fourth-order valence-corrected chi connectivity index (χ4v) is 3.98. The first-order chi connectivity index (χ1) is 17.9. The molecule has 0 radical (unpaired) electrons. The van der Waals surface area contributed by atoms with Gasteiger partial charge < -0.3 is 22.1 Å². The van der Waals surface area contributed by atoms with Gasteiger partial charge in [0.1, 0.15) is 12.1 Å². The molecule has 0 fully saturated rings. The Hall–Kier alpha value is -4.34. The van der Waals surface area contributed by atoms with Gasteiger partial charge in [-0.2, -0.15) is 0 Å². The Morgan fingerprint density at radius 2 is 1.39 bits per heavy atom. The second-order valence-corrected chi connectivity index (χ2v) is 9.23. The lowest BCUT2D eigenvalue weighted by Gasteiger charge is -2.22. The molecule has 200 valence electrons. The van der Waals surface area contributed by atoms with Gasteiger partial charge in [0.2, 0.25) is 23.6 Å². The Kier molecular flexibility index (Phi) is 9.11. The zero-order chi connectivity index (χ0) is 27.9. The SMILES string of the molecule is CC(F)(F)c1ccc(C[C@H](NC(=O)[C@@H](Cc2ccc3ccccc3c2)NC(=O)CCC(N)=O)C(N)=O)cc1. The van der Waals surface area contributed by atoms with Crippen LogP contribution in [0, 0.1) is 0 Å². The molecule has 0 aliphatic carbocycles. The summed E-state index contributed by atoms with van der Waals surface area (Å²) in [6.07, 6.45) is -0.322. The molecular formula is C28H30F2N4O4. The summed E-state index contributed by atoms with van der Waals surface area (Å²) in [5.74, 6) is -5.72. The maximum absolute atomic E-state index is 13.5. The largest absolute Gasteiger partial charge is 0.370 e. The number of amides is 4. The Labute approximate surface area is 218 Å². The van der Waals surface area contributed by atoms with Crippen molar-refractivity contribution in [1.82, 2.24) is 10.6 Å². The molecule has 0 heterocycles. The third-order valence-corrected chi connectivity index (χ3v) is 6.06. The van der Waals surface area contributed by atoms with Crippen LogP contribution in [0.3, 0.4) is 0 Å². The quantitative estimate of drug-likeness (QED) is 0.288. The summed E-state index contributed by atoms with van der Waals surface area (Å²) in [7, 11) is 0. The van der Waals surface area contributed by atoms with Gasteiger partial charge in [-0.3, -0.25) is 19.2 Å². The van der Waals surface area contributed by atoms with E-state index in [1.165, 1.54) is 24.3 Å². The van der Waals surface area contributed by atoms with Crippen LogP contribution in [0.1, 0.15) is 36.5 Å². The number of alkyl halides is 2. The lowest BCUT2D eigenvalue weighted by molar-refractivity contribution is -0.131. The maximum atomic E-state index is 13.5. The van der Waals surface area contributed by atoms with Gasteiger partial charge in [0.05, 0.1) is 0 Å². The van der Waals surface area contributed by atoms with Gasteiger partial charge in [0.15, 0.2) is 0 Å². The number of nitrogens with two attached hydrogens (primary N) is 2. The fraction of sp³-hybridized carbons (Fsp3) is 0.286. The molecule has 0 unspecified atom stereocenters. The summed E-state index contributed by atoms with van der Waals surface area (Å²) in [4.78, 5) is 48.9. The van der Waals surface area contributed by atoms with Crippen molar-refractivity contribution >= 4 is 34.4 Å². The van der Waals surface area contributed by atoms with Crippen molar-refractivity contribution < 1.29 is 28.0 Å². The summed E-state index contributed by atoms with van der Waals surface area (Å²) in [6, 6.07) is 16.4. The van der Waals surface area contributed by atoms with Gasteiger partial charge in [-0.15, -0.1) is 0 Å². The lowest BCUT2D eigenvalue weighted by Crippen LogP contribution is -2.54. The molecule has 0 aliphatic rings. The maximum Gasteiger partial charge on any atom is 0.270 e. The molecule has 0 bridgehead atoms. The van der Waals surface area contributed by atoms with Crippen LogP contribution in [-0.2, 0) is 37.9 Å².